The molecule has 0 spiro atoms. The molecule has 0 radical (unpaired) electrons. The third kappa shape index (κ3) is 4.38. The predicted octanol–water partition coefficient (Wildman–Crippen LogP) is 1.12. The van der Waals surface area contributed by atoms with Gasteiger partial charge < -0.3 is 15.1 Å². The highest BCUT2D eigenvalue weighted by atomic mass is 32.2. The maximum atomic E-state index is 13.0. The molecule has 5 rings (SSSR count). The van der Waals surface area contributed by atoms with Gasteiger partial charge in [-0.1, -0.05) is 17.8 Å². The van der Waals surface area contributed by atoms with Crippen LogP contribution in [0, 0.1) is 0 Å². The van der Waals surface area contributed by atoms with Gasteiger partial charge in [0.1, 0.15) is 0 Å². The van der Waals surface area contributed by atoms with E-state index in [1.54, 1.807) is 18.5 Å². The molecule has 2 aromatic rings. The first-order chi connectivity index (χ1) is 15.0. The van der Waals surface area contributed by atoms with E-state index < -0.39 is 9.84 Å². The molecule has 0 bridgehead atoms. The quantitative estimate of drug-likeness (QED) is 0.729. The molecule has 11 heteroatoms. The smallest absolute Gasteiger partial charge is 0.254 e. The average molecular weight is 459 g/mol. The SMILES string of the molecule is O=C(c1cccc(NC2=N[C@@H]3CS(=O)(=O)C[C@H]3S2)c1)N1CCN(c2ncccn2)CC1. The Morgan fingerprint density at radius 2 is 1.84 bits per heavy atom. The number of nitrogens with zero attached hydrogens (tertiary/aromatic N) is 5. The molecule has 3 aliphatic rings. The van der Waals surface area contributed by atoms with Crippen LogP contribution >= 0.6 is 11.8 Å². The van der Waals surface area contributed by atoms with Crippen molar-refractivity contribution in [1.82, 2.24) is 14.9 Å². The number of amidine groups is 1. The number of carbonyl (C=O) groups excluding carboxylic acids is 1. The van der Waals surface area contributed by atoms with Crippen molar-refractivity contribution in [3.63, 3.8) is 0 Å². The monoisotopic (exact) mass is 458 g/mol. The van der Waals surface area contributed by atoms with Crippen LogP contribution in [0.4, 0.5) is 11.6 Å². The maximum absolute atomic E-state index is 13.0. The fourth-order valence-corrected chi connectivity index (χ4v) is 7.69. The van der Waals surface area contributed by atoms with Crippen molar-refractivity contribution >= 4 is 44.3 Å². The first kappa shape index (κ1) is 20.3. The van der Waals surface area contributed by atoms with Gasteiger partial charge in [-0.3, -0.25) is 9.79 Å². The van der Waals surface area contributed by atoms with Gasteiger partial charge in [0, 0.05) is 55.1 Å². The van der Waals surface area contributed by atoms with Gasteiger partial charge >= 0.3 is 0 Å². The van der Waals surface area contributed by atoms with Crippen LogP contribution < -0.4 is 10.2 Å². The Kier molecular flexibility index (Phi) is 5.30. The van der Waals surface area contributed by atoms with E-state index in [9.17, 15) is 13.2 Å². The molecule has 1 aromatic carbocycles. The fraction of sp³-hybridized carbons (Fsp3) is 0.400. The van der Waals surface area contributed by atoms with Crippen molar-refractivity contribution in [2.75, 3.05) is 47.9 Å². The number of hydrogen-bond donors (Lipinski definition) is 1. The molecule has 31 heavy (non-hydrogen) atoms. The van der Waals surface area contributed by atoms with Crippen molar-refractivity contribution in [2.45, 2.75) is 11.3 Å². The number of rotatable bonds is 3. The molecule has 4 heterocycles. The Balaban J connectivity index is 1.21. The van der Waals surface area contributed by atoms with Crippen molar-refractivity contribution in [2.24, 2.45) is 4.99 Å². The van der Waals surface area contributed by atoms with Gasteiger partial charge in [0.2, 0.25) is 5.95 Å². The number of sulfone groups is 1. The Bertz CT molecular complexity index is 1120. The van der Waals surface area contributed by atoms with Gasteiger partial charge in [-0.2, -0.15) is 0 Å². The second-order valence-electron chi connectivity index (χ2n) is 7.77. The summed E-state index contributed by atoms with van der Waals surface area (Å²) < 4.78 is 23.4. The van der Waals surface area contributed by atoms with Gasteiger partial charge in [-0.15, -0.1) is 0 Å². The van der Waals surface area contributed by atoms with E-state index in [1.807, 2.05) is 29.2 Å². The molecule has 9 nitrogen and oxygen atoms in total. The van der Waals surface area contributed by atoms with E-state index >= 15 is 0 Å². The number of anilines is 2. The highest BCUT2D eigenvalue weighted by Crippen LogP contribution is 2.34. The van der Waals surface area contributed by atoms with E-state index in [0.29, 0.717) is 42.9 Å². The van der Waals surface area contributed by atoms with Gasteiger partial charge in [-0.05, 0) is 24.3 Å². The summed E-state index contributed by atoms with van der Waals surface area (Å²) in [5.74, 6) is 0.971. The van der Waals surface area contributed by atoms with Crippen molar-refractivity contribution in [3.8, 4) is 0 Å². The van der Waals surface area contributed by atoms with Gasteiger partial charge in [0.15, 0.2) is 15.0 Å². The summed E-state index contributed by atoms with van der Waals surface area (Å²) in [4.78, 5) is 30.0. The number of fused-ring (bicyclic) bond motifs is 1. The number of benzene rings is 1. The van der Waals surface area contributed by atoms with Crippen molar-refractivity contribution in [1.29, 1.82) is 0 Å². The number of amides is 1. The molecule has 2 atom stereocenters. The lowest BCUT2D eigenvalue weighted by atomic mass is 10.1. The van der Waals surface area contributed by atoms with Crippen LogP contribution in [-0.2, 0) is 9.84 Å². The van der Waals surface area contributed by atoms with Gasteiger partial charge in [0.05, 0.1) is 17.5 Å². The van der Waals surface area contributed by atoms with Gasteiger partial charge in [0.25, 0.3) is 5.91 Å². The zero-order chi connectivity index (χ0) is 21.4. The molecule has 1 amide bonds. The second-order valence-corrected chi connectivity index (χ2v) is 11.2. The third-order valence-electron chi connectivity index (χ3n) is 5.58. The highest BCUT2D eigenvalue weighted by Gasteiger charge is 2.42. The zero-order valence-corrected chi connectivity index (χ0v) is 18.3. The molecule has 0 unspecified atom stereocenters. The van der Waals surface area contributed by atoms with Crippen LogP contribution in [0.25, 0.3) is 0 Å². The minimum atomic E-state index is -2.97. The zero-order valence-electron chi connectivity index (χ0n) is 16.7. The molecule has 2 saturated heterocycles. The van der Waals surface area contributed by atoms with Crippen LogP contribution in [0.3, 0.4) is 0 Å². The Morgan fingerprint density at radius 1 is 1.06 bits per heavy atom. The first-order valence-corrected chi connectivity index (χ1v) is 12.8. The summed E-state index contributed by atoms with van der Waals surface area (Å²) in [6, 6.07) is 8.97. The molecular formula is C20H22N6O3S2. The van der Waals surface area contributed by atoms with E-state index in [0.717, 1.165) is 5.69 Å². The lowest BCUT2D eigenvalue weighted by Gasteiger charge is -2.34. The first-order valence-electron chi connectivity index (χ1n) is 10.1. The minimum absolute atomic E-state index is 0.0118. The largest absolute Gasteiger partial charge is 0.337 e. The molecule has 0 saturated carbocycles. The predicted molar refractivity (Wildman–Crippen MR) is 121 cm³/mol. The Morgan fingerprint density at radius 3 is 2.58 bits per heavy atom. The van der Waals surface area contributed by atoms with E-state index in [4.69, 9.17) is 0 Å². The lowest BCUT2D eigenvalue weighted by Crippen LogP contribution is -2.49. The third-order valence-corrected chi connectivity index (χ3v) is 8.72. The van der Waals surface area contributed by atoms with E-state index in [-0.39, 0.29) is 28.7 Å². The standard InChI is InChI=1S/C20H22N6O3S2/c27-18(25-7-9-26(10-8-25)19-21-5-2-6-22-19)14-3-1-4-15(11-14)23-20-24-16-12-31(28,29)13-17(16)30-20/h1-6,11,16-17H,7-10,12-13H2,(H,23,24)/t16-,17-/m1/s1. The molecule has 1 N–H and O–H groups in total. The van der Waals surface area contributed by atoms with Crippen LogP contribution in [-0.4, -0.2) is 83.3 Å². The summed E-state index contributed by atoms with van der Waals surface area (Å²) in [7, 11) is -2.97. The van der Waals surface area contributed by atoms with E-state index in [1.165, 1.54) is 11.8 Å². The molecule has 162 valence electrons. The Labute approximate surface area is 184 Å². The molecule has 2 fully saturated rings. The number of hydrogen-bond acceptors (Lipinski definition) is 9. The van der Waals surface area contributed by atoms with Crippen LogP contribution in [0.2, 0.25) is 0 Å². The summed E-state index contributed by atoms with van der Waals surface area (Å²) in [6.07, 6.45) is 3.44. The molecular weight excluding hydrogens is 436 g/mol. The van der Waals surface area contributed by atoms with Crippen LogP contribution in [0.5, 0.6) is 0 Å². The Hall–Kier alpha value is -2.66. The maximum Gasteiger partial charge on any atom is 0.254 e. The summed E-state index contributed by atoms with van der Waals surface area (Å²) in [6.45, 7) is 2.59. The number of aliphatic imine (C=N–C) groups is 1. The summed E-state index contributed by atoms with van der Waals surface area (Å²) in [5, 5.41) is 3.95. The second kappa shape index (κ2) is 8.12. The van der Waals surface area contributed by atoms with Crippen LogP contribution in [0.15, 0.2) is 47.7 Å². The number of carbonyl (C=O) groups is 1. The minimum Gasteiger partial charge on any atom is -0.337 e. The lowest BCUT2D eigenvalue weighted by molar-refractivity contribution is 0.0746. The van der Waals surface area contributed by atoms with Crippen molar-refractivity contribution in [3.05, 3.63) is 48.3 Å². The molecule has 0 aliphatic carbocycles. The number of aromatic nitrogens is 2. The van der Waals surface area contributed by atoms with Crippen molar-refractivity contribution < 1.29 is 13.2 Å². The molecule has 3 aliphatic heterocycles. The summed E-state index contributed by atoms with van der Waals surface area (Å²) >= 11 is 1.47. The van der Waals surface area contributed by atoms with E-state index in [2.05, 4.69) is 25.2 Å². The number of thioether (sulfide) groups is 1. The number of piperazine rings is 1. The van der Waals surface area contributed by atoms with Crippen LogP contribution in [0.1, 0.15) is 10.4 Å². The summed E-state index contributed by atoms with van der Waals surface area (Å²) in [5.41, 5.74) is 1.39. The fourth-order valence-electron chi connectivity index (χ4n) is 4.02. The molecule has 1 aromatic heterocycles. The number of nitrogens with one attached hydrogen (secondary N) is 1. The van der Waals surface area contributed by atoms with Gasteiger partial charge in [-0.25, -0.2) is 18.4 Å². The average Bonchev–Trinajstić information content (AvgIpc) is 3.26. The topological polar surface area (TPSA) is 108 Å². The normalized spacial score (nSPS) is 24.6. The highest BCUT2D eigenvalue weighted by molar-refractivity contribution is 8.15.